The summed E-state index contributed by atoms with van der Waals surface area (Å²) in [6.07, 6.45) is 1.07. The molecule has 84 valence electrons. The molecule has 1 aromatic rings. The molecule has 1 aromatic carbocycles. The Morgan fingerprint density at radius 1 is 1.20 bits per heavy atom. The van der Waals surface area contributed by atoms with Crippen LogP contribution in [0.5, 0.6) is 11.5 Å². The Morgan fingerprint density at radius 3 is 2.33 bits per heavy atom. The van der Waals surface area contributed by atoms with E-state index in [1.807, 2.05) is 24.3 Å². The first-order valence-corrected chi connectivity index (χ1v) is 6.21. The summed E-state index contributed by atoms with van der Waals surface area (Å²) in [5.41, 5.74) is 0. The monoisotopic (exact) mass is 272 g/mol. The minimum Gasteiger partial charge on any atom is -0.497 e. The molecular formula is C12H17BrO2. The van der Waals surface area contributed by atoms with Gasteiger partial charge in [0.15, 0.2) is 0 Å². The quantitative estimate of drug-likeness (QED) is 0.738. The summed E-state index contributed by atoms with van der Waals surface area (Å²) in [6.45, 7) is 2.96. The molecule has 0 aliphatic heterocycles. The zero-order valence-electron chi connectivity index (χ0n) is 9.20. The van der Waals surface area contributed by atoms with Crippen molar-refractivity contribution in [2.24, 2.45) is 5.92 Å². The molecule has 0 fully saturated rings. The molecule has 0 aromatic heterocycles. The SMILES string of the molecule is COc1ccc(OCCC(C)CBr)cc1. The van der Waals surface area contributed by atoms with E-state index < -0.39 is 0 Å². The van der Waals surface area contributed by atoms with Gasteiger partial charge in [-0.05, 0) is 36.6 Å². The van der Waals surface area contributed by atoms with Gasteiger partial charge in [-0.3, -0.25) is 0 Å². The number of methoxy groups -OCH3 is 1. The van der Waals surface area contributed by atoms with Crippen molar-refractivity contribution in [2.75, 3.05) is 19.0 Å². The van der Waals surface area contributed by atoms with Gasteiger partial charge in [-0.25, -0.2) is 0 Å². The molecule has 3 heteroatoms. The van der Waals surface area contributed by atoms with E-state index in [0.29, 0.717) is 5.92 Å². The van der Waals surface area contributed by atoms with E-state index in [4.69, 9.17) is 9.47 Å². The Hall–Kier alpha value is -0.700. The third-order valence-electron chi connectivity index (χ3n) is 2.20. The van der Waals surface area contributed by atoms with Gasteiger partial charge in [-0.1, -0.05) is 22.9 Å². The van der Waals surface area contributed by atoms with E-state index >= 15 is 0 Å². The van der Waals surface area contributed by atoms with Crippen molar-refractivity contribution in [3.05, 3.63) is 24.3 Å². The van der Waals surface area contributed by atoms with Crippen LogP contribution in [0.25, 0.3) is 0 Å². The summed E-state index contributed by atoms with van der Waals surface area (Å²) in [5.74, 6) is 2.41. The lowest BCUT2D eigenvalue weighted by Crippen LogP contribution is -2.04. The van der Waals surface area contributed by atoms with Gasteiger partial charge in [-0.2, -0.15) is 0 Å². The summed E-state index contributed by atoms with van der Waals surface area (Å²) in [7, 11) is 1.66. The van der Waals surface area contributed by atoms with E-state index in [1.54, 1.807) is 7.11 Å². The smallest absolute Gasteiger partial charge is 0.119 e. The zero-order chi connectivity index (χ0) is 11.1. The second-order valence-electron chi connectivity index (χ2n) is 3.57. The largest absolute Gasteiger partial charge is 0.497 e. The summed E-state index contributed by atoms with van der Waals surface area (Å²) in [6, 6.07) is 7.67. The minimum atomic E-state index is 0.656. The fourth-order valence-corrected chi connectivity index (χ4v) is 1.45. The van der Waals surface area contributed by atoms with E-state index in [-0.39, 0.29) is 0 Å². The van der Waals surface area contributed by atoms with Crippen LogP contribution >= 0.6 is 15.9 Å². The van der Waals surface area contributed by atoms with Crippen LogP contribution in [0.3, 0.4) is 0 Å². The number of hydrogen-bond donors (Lipinski definition) is 0. The van der Waals surface area contributed by atoms with Crippen LogP contribution in [-0.2, 0) is 0 Å². The standard InChI is InChI=1S/C12H17BrO2/c1-10(9-13)7-8-15-12-5-3-11(14-2)4-6-12/h3-6,10H,7-9H2,1-2H3. The van der Waals surface area contributed by atoms with Crippen LogP contribution in [0.1, 0.15) is 13.3 Å². The Kier molecular flexibility index (Phi) is 5.54. The number of alkyl halides is 1. The number of rotatable bonds is 6. The highest BCUT2D eigenvalue weighted by atomic mass is 79.9. The Bertz CT molecular complexity index is 271. The van der Waals surface area contributed by atoms with Crippen LogP contribution in [0.2, 0.25) is 0 Å². The van der Waals surface area contributed by atoms with Crippen molar-refractivity contribution in [2.45, 2.75) is 13.3 Å². The summed E-state index contributed by atoms with van der Waals surface area (Å²) in [4.78, 5) is 0. The molecule has 2 nitrogen and oxygen atoms in total. The summed E-state index contributed by atoms with van der Waals surface area (Å²) in [5, 5.41) is 1.03. The lowest BCUT2D eigenvalue weighted by atomic mass is 10.1. The number of halogens is 1. The summed E-state index contributed by atoms with van der Waals surface area (Å²) >= 11 is 3.45. The average molecular weight is 273 g/mol. The van der Waals surface area contributed by atoms with Gasteiger partial charge in [0, 0.05) is 5.33 Å². The normalized spacial score (nSPS) is 12.2. The maximum Gasteiger partial charge on any atom is 0.119 e. The second kappa shape index (κ2) is 6.72. The number of benzene rings is 1. The predicted molar refractivity (Wildman–Crippen MR) is 66.1 cm³/mol. The number of hydrogen-bond acceptors (Lipinski definition) is 2. The van der Waals surface area contributed by atoms with E-state index in [0.717, 1.165) is 29.9 Å². The minimum absolute atomic E-state index is 0.656. The predicted octanol–water partition coefficient (Wildman–Crippen LogP) is 3.50. The molecule has 0 saturated heterocycles. The summed E-state index contributed by atoms with van der Waals surface area (Å²) < 4.78 is 10.7. The first-order chi connectivity index (χ1) is 7.26. The van der Waals surface area contributed by atoms with E-state index in [9.17, 15) is 0 Å². The Morgan fingerprint density at radius 2 is 1.80 bits per heavy atom. The van der Waals surface area contributed by atoms with Crippen LogP contribution in [0.4, 0.5) is 0 Å². The third kappa shape index (κ3) is 4.56. The Balaban J connectivity index is 2.31. The van der Waals surface area contributed by atoms with Gasteiger partial charge >= 0.3 is 0 Å². The highest BCUT2D eigenvalue weighted by Gasteiger charge is 2.00. The first kappa shape index (κ1) is 12.4. The molecule has 1 rings (SSSR count). The van der Waals surface area contributed by atoms with Gasteiger partial charge in [0.25, 0.3) is 0 Å². The van der Waals surface area contributed by atoms with Gasteiger partial charge in [0.2, 0.25) is 0 Å². The molecule has 0 heterocycles. The van der Waals surface area contributed by atoms with Crippen molar-refractivity contribution < 1.29 is 9.47 Å². The second-order valence-corrected chi connectivity index (χ2v) is 4.22. The molecule has 0 amide bonds. The first-order valence-electron chi connectivity index (χ1n) is 5.09. The van der Waals surface area contributed by atoms with Crippen LogP contribution in [0, 0.1) is 5.92 Å². The lowest BCUT2D eigenvalue weighted by Gasteiger charge is -2.09. The maximum atomic E-state index is 5.60. The van der Waals surface area contributed by atoms with Crippen molar-refractivity contribution in [1.82, 2.24) is 0 Å². The van der Waals surface area contributed by atoms with Crippen molar-refractivity contribution in [1.29, 1.82) is 0 Å². The number of ether oxygens (including phenoxy) is 2. The van der Waals surface area contributed by atoms with Gasteiger partial charge in [-0.15, -0.1) is 0 Å². The van der Waals surface area contributed by atoms with Gasteiger partial charge in [0.1, 0.15) is 11.5 Å². The molecular weight excluding hydrogens is 256 g/mol. The molecule has 0 aliphatic carbocycles. The maximum absolute atomic E-state index is 5.60. The zero-order valence-corrected chi connectivity index (χ0v) is 10.8. The molecule has 15 heavy (non-hydrogen) atoms. The molecule has 0 spiro atoms. The lowest BCUT2D eigenvalue weighted by molar-refractivity contribution is 0.290. The van der Waals surface area contributed by atoms with Crippen LogP contribution in [0.15, 0.2) is 24.3 Å². The molecule has 0 N–H and O–H groups in total. The molecule has 1 atom stereocenters. The van der Waals surface area contributed by atoms with Crippen LogP contribution < -0.4 is 9.47 Å². The fourth-order valence-electron chi connectivity index (χ4n) is 1.13. The van der Waals surface area contributed by atoms with E-state index in [1.165, 1.54) is 0 Å². The fraction of sp³-hybridized carbons (Fsp3) is 0.500. The Labute approximate surface area is 99.7 Å². The highest BCUT2D eigenvalue weighted by molar-refractivity contribution is 9.09. The highest BCUT2D eigenvalue weighted by Crippen LogP contribution is 2.17. The average Bonchev–Trinajstić information content (AvgIpc) is 2.29. The molecule has 0 bridgehead atoms. The van der Waals surface area contributed by atoms with Crippen molar-refractivity contribution in [3.8, 4) is 11.5 Å². The topological polar surface area (TPSA) is 18.5 Å². The molecule has 0 aliphatic rings. The van der Waals surface area contributed by atoms with Gasteiger partial charge < -0.3 is 9.47 Å². The van der Waals surface area contributed by atoms with Crippen molar-refractivity contribution in [3.63, 3.8) is 0 Å². The third-order valence-corrected chi connectivity index (χ3v) is 3.31. The van der Waals surface area contributed by atoms with E-state index in [2.05, 4.69) is 22.9 Å². The molecule has 0 radical (unpaired) electrons. The molecule has 1 unspecified atom stereocenters. The molecule has 0 saturated carbocycles. The van der Waals surface area contributed by atoms with Gasteiger partial charge in [0.05, 0.1) is 13.7 Å². The van der Waals surface area contributed by atoms with Crippen molar-refractivity contribution >= 4 is 15.9 Å². The van der Waals surface area contributed by atoms with Crippen LogP contribution in [-0.4, -0.2) is 19.0 Å².